The van der Waals surface area contributed by atoms with Crippen LogP contribution in [0.3, 0.4) is 0 Å². The van der Waals surface area contributed by atoms with Crippen molar-refractivity contribution in [2.45, 2.75) is 25.3 Å². The summed E-state index contributed by atoms with van der Waals surface area (Å²) in [6, 6.07) is 3.89. The zero-order chi connectivity index (χ0) is 15.2. The van der Waals surface area contributed by atoms with Gasteiger partial charge in [-0.25, -0.2) is 4.39 Å². The average Bonchev–Trinajstić information content (AvgIpc) is 2.52. The molecule has 0 unspecified atom stereocenters. The summed E-state index contributed by atoms with van der Waals surface area (Å²) in [6.07, 6.45) is 3.25. The quantitative estimate of drug-likeness (QED) is 0.875. The summed E-state index contributed by atoms with van der Waals surface area (Å²) in [7, 11) is 0. The fourth-order valence-electron chi connectivity index (χ4n) is 2.48. The minimum absolute atomic E-state index is 0.0163. The third-order valence-corrected chi connectivity index (χ3v) is 4.04. The van der Waals surface area contributed by atoms with Gasteiger partial charge in [-0.05, 0) is 37.0 Å². The van der Waals surface area contributed by atoms with Crippen molar-refractivity contribution >= 4 is 17.5 Å². The summed E-state index contributed by atoms with van der Waals surface area (Å²) >= 11 is 5.64. The van der Waals surface area contributed by atoms with Gasteiger partial charge in [0.25, 0.3) is 0 Å². The Morgan fingerprint density at radius 1 is 1.38 bits per heavy atom. The van der Waals surface area contributed by atoms with Gasteiger partial charge in [-0.2, -0.15) is 0 Å². The zero-order valence-electron chi connectivity index (χ0n) is 11.8. The number of aliphatic hydroxyl groups is 1. The van der Waals surface area contributed by atoms with E-state index in [1.54, 1.807) is 6.07 Å². The van der Waals surface area contributed by atoms with Crippen molar-refractivity contribution in [3.8, 4) is 0 Å². The minimum atomic E-state index is -0.531. The monoisotopic (exact) mass is 314 g/mol. The lowest BCUT2D eigenvalue weighted by Gasteiger charge is -2.27. The molecule has 1 aliphatic heterocycles. The molecule has 1 amide bonds. The fraction of sp³-hybridized carbons (Fsp3) is 0.533. The molecule has 0 radical (unpaired) electrons. The predicted molar refractivity (Wildman–Crippen MR) is 79.7 cm³/mol. The van der Waals surface area contributed by atoms with Crippen LogP contribution in [0.2, 0.25) is 5.02 Å². The molecule has 1 heterocycles. The van der Waals surface area contributed by atoms with E-state index in [1.165, 1.54) is 18.6 Å². The third kappa shape index (κ3) is 4.40. The highest BCUT2D eigenvalue weighted by atomic mass is 35.5. The van der Waals surface area contributed by atoms with E-state index in [-0.39, 0.29) is 24.1 Å². The van der Waals surface area contributed by atoms with E-state index in [4.69, 9.17) is 11.6 Å². The summed E-state index contributed by atoms with van der Waals surface area (Å²) in [5.74, 6) is -0.514. The molecule has 1 aromatic carbocycles. The number of nitrogens with one attached hydrogen (secondary N) is 1. The van der Waals surface area contributed by atoms with Crippen LogP contribution in [0.15, 0.2) is 18.2 Å². The van der Waals surface area contributed by atoms with E-state index in [2.05, 4.69) is 5.32 Å². The number of carbonyl (C=O) groups excluding carboxylic acids is 1. The van der Waals surface area contributed by atoms with Gasteiger partial charge in [-0.1, -0.05) is 17.7 Å². The van der Waals surface area contributed by atoms with E-state index in [9.17, 15) is 14.3 Å². The van der Waals surface area contributed by atoms with Crippen LogP contribution in [0.4, 0.5) is 4.39 Å². The lowest BCUT2D eigenvalue weighted by molar-refractivity contribution is -0.131. The number of amides is 1. The van der Waals surface area contributed by atoms with Crippen molar-refractivity contribution in [1.29, 1.82) is 0 Å². The topological polar surface area (TPSA) is 52.6 Å². The maximum Gasteiger partial charge on any atom is 0.236 e. The van der Waals surface area contributed by atoms with E-state index < -0.39 is 11.9 Å². The minimum Gasteiger partial charge on any atom is -0.394 e. The smallest absolute Gasteiger partial charge is 0.236 e. The highest BCUT2D eigenvalue weighted by molar-refractivity contribution is 6.30. The molecule has 6 heteroatoms. The van der Waals surface area contributed by atoms with Gasteiger partial charge in [-0.3, -0.25) is 10.1 Å². The first-order valence-corrected chi connectivity index (χ1v) is 7.56. The molecule has 2 rings (SSSR count). The number of benzene rings is 1. The largest absolute Gasteiger partial charge is 0.394 e. The number of piperidine rings is 1. The highest BCUT2D eigenvalue weighted by Crippen LogP contribution is 2.20. The average molecular weight is 315 g/mol. The van der Waals surface area contributed by atoms with Gasteiger partial charge in [-0.15, -0.1) is 0 Å². The fourth-order valence-corrected chi connectivity index (χ4v) is 2.60. The number of hydrogen-bond acceptors (Lipinski definition) is 3. The van der Waals surface area contributed by atoms with Crippen LogP contribution in [0.25, 0.3) is 0 Å². The van der Waals surface area contributed by atoms with E-state index in [0.717, 1.165) is 25.9 Å². The molecule has 21 heavy (non-hydrogen) atoms. The molecule has 0 aliphatic carbocycles. The van der Waals surface area contributed by atoms with Crippen molar-refractivity contribution in [1.82, 2.24) is 10.2 Å². The number of halogens is 2. The SMILES string of the molecule is O=C(CN[C@H](CO)c1ccc(Cl)c(F)c1)N1CCCCC1. The Morgan fingerprint density at radius 3 is 2.71 bits per heavy atom. The van der Waals surface area contributed by atoms with Gasteiger partial charge in [0.1, 0.15) is 5.82 Å². The second-order valence-electron chi connectivity index (χ2n) is 5.23. The number of nitrogens with zero attached hydrogens (tertiary/aromatic N) is 1. The van der Waals surface area contributed by atoms with Crippen LogP contribution in [-0.4, -0.2) is 42.2 Å². The molecule has 1 aliphatic rings. The molecule has 116 valence electrons. The van der Waals surface area contributed by atoms with Crippen LogP contribution >= 0.6 is 11.6 Å². The first kappa shape index (κ1) is 16.2. The molecule has 2 N–H and O–H groups in total. The zero-order valence-corrected chi connectivity index (χ0v) is 12.6. The summed E-state index contributed by atoms with van der Waals surface area (Å²) in [4.78, 5) is 13.9. The Balaban J connectivity index is 1.92. The van der Waals surface area contributed by atoms with E-state index in [0.29, 0.717) is 5.56 Å². The van der Waals surface area contributed by atoms with Crippen LogP contribution in [-0.2, 0) is 4.79 Å². The molecular weight excluding hydrogens is 295 g/mol. The van der Waals surface area contributed by atoms with Crippen LogP contribution in [0, 0.1) is 5.82 Å². The highest BCUT2D eigenvalue weighted by Gasteiger charge is 2.18. The van der Waals surface area contributed by atoms with Gasteiger partial charge >= 0.3 is 0 Å². The third-order valence-electron chi connectivity index (χ3n) is 3.74. The van der Waals surface area contributed by atoms with Crippen molar-refractivity contribution in [2.24, 2.45) is 0 Å². The lowest BCUT2D eigenvalue weighted by Crippen LogP contribution is -2.42. The molecule has 0 spiro atoms. The number of hydrogen-bond donors (Lipinski definition) is 2. The second-order valence-corrected chi connectivity index (χ2v) is 5.64. The van der Waals surface area contributed by atoms with E-state index >= 15 is 0 Å². The van der Waals surface area contributed by atoms with Crippen molar-refractivity contribution in [3.63, 3.8) is 0 Å². The molecule has 1 fully saturated rings. The predicted octanol–water partition coefficient (Wildman–Crippen LogP) is 2.11. The molecular formula is C15H20ClFN2O2. The van der Waals surface area contributed by atoms with Crippen molar-refractivity contribution < 1.29 is 14.3 Å². The van der Waals surface area contributed by atoms with Crippen molar-refractivity contribution in [3.05, 3.63) is 34.6 Å². The van der Waals surface area contributed by atoms with E-state index in [1.807, 2.05) is 4.90 Å². The Hall–Kier alpha value is -1.17. The Bertz CT molecular complexity index is 493. The van der Waals surface area contributed by atoms with Crippen molar-refractivity contribution in [2.75, 3.05) is 26.2 Å². The number of aliphatic hydroxyl groups excluding tert-OH is 1. The maximum absolute atomic E-state index is 13.4. The van der Waals surface area contributed by atoms with Gasteiger partial charge in [0.05, 0.1) is 24.2 Å². The molecule has 0 bridgehead atoms. The molecule has 0 saturated carbocycles. The van der Waals surface area contributed by atoms with Gasteiger partial charge in [0, 0.05) is 13.1 Å². The van der Waals surface area contributed by atoms with Crippen LogP contribution in [0.1, 0.15) is 30.9 Å². The normalized spacial score (nSPS) is 16.8. The lowest BCUT2D eigenvalue weighted by atomic mass is 10.1. The molecule has 1 aromatic rings. The number of rotatable bonds is 5. The second kappa shape index (κ2) is 7.73. The molecule has 1 atom stereocenters. The number of likely N-dealkylation sites (tertiary alicyclic amines) is 1. The Morgan fingerprint density at radius 2 is 2.10 bits per heavy atom. The molecule has 4 nitrogen and oxygen atoms in total. The number of carbonyl (C=O) groups is 1. The van der Waals surface area contributed by atoms with Gasteiger partial charge in [0.2, 0.25) is 5.91 Å². The van der Waals surface area contributed by atoms with Gasteiger partial charge in [0.15, 0.2) is 0 Å². The first-order chi connectivity index (χ1) is 10.1. The Labute approximate surface area is 128 Å². The molecule has 0 aromatic heterocycles. The summed E-state index contributed by atoms with van der Waals surface area (Å²) < 4.78 is 13.4. The summed E-state index contributed by atoms with van der Waals surface area (Å²) in [5.41, 5.74) is 0.575. The van der Waals surface area contributed by atoms with Crippen LogP contribution < -0.4 is 5.32 Å². The van der Waals surface area contributed by atoms with Crippen LogP contribution in [0.5, 0.6) is 0 Å². The summed E-state index contributed by atoms with van der Waals surface area (Å²) in [6.45, 7) is 1.50. The molecule has 1 saturated heterocycles. The standard InChI is InChI=1S/C15H20ClFN2O2/c16-12-5-4-11(8-13(12)17)14(10-20)18-9-15(21)19-6-2-1-3-7-19/h4-5,8,14,18,20H,1-3,6-7,9-10H2/t14-/m1/s1. The first-order valence-electron chi connectivity index (χ1n) is 7.19. The maximum atomic E-state index is 13.4. The Kier molecular flexibility index (Phi) is 5.96. The van der Waals surface area contributed by atoms with Gasteiger partial charge < -0.3 is 10.0 Å². The summed E-state index contributed by atoms with van der Waals surface area (Å²) in [5, 5.41) is 12.4.